The van der Waals surface area contributed by atoms with Crippen LogP contribution in [0.5, 0.6) is 0 Å². The second kappa shape index (κ2) is 7.28. The standard InChI is InChI=1S/C13H24O/c1-3-9-14-10-5-6-13-8-7-12(4-2)11-13/h8,12-13H,2-7,9-11H2,1H3. The van der Waals surface area contributed by atoms with Crippen LogP contribution in [0.2, 0.25) is 0 Å². The molecule has 1 heteroatoms. The Morgan fingerprint density at radius 3 is 2.93 bits per heavy atom. The molecule has 0 aliphatic heterocycles. The summed E-state index contributed by atoms with van der Waals surface area (Å²) >= 11 is 0. The zero-order chi connectivity index (χ0) is 10.2. The molecule has 2 atom stereocenters. The van der Waals surface area contributed by atoms with Crippen LogP contribution in [0, 0.1) is 25.2 Å². The number of ether oxygens (including phenoxy) is 1. The van der Waals surface area contributed by atoms with E-state index in [0.29, 0.717) is 0 Å². The van der Waals surface area contributed by atoms with Crippen molar-refractivity contribution in [3.8, 4) is 0 Å². The van der Waals surface area contributed by atoms with Crippen molar-refractivity contribution >= 4 is 0 Å². The molecule has 1 aliphatic carbocycles. The summed E-state index contributed by atoms with van der Waals surface area (Å²) in [5.74, 6) is 1.73. The van der Waals surface area contributed by atoms with Crippen LogP contribution >= 0.6 is 0 Å². The van der Waals surface area contributed by atoms with Crippen LogP contribution < -0.4 is 0 Å². The largest absolute Gasteiger partial charge is 0.381 e. The maximum absolute atomic E-state index is 5.47. The summed E-state index contributed by atoms with van der Waals surface area (Å²) in [6, 6.07) is 0. The van der Waals surface area contributed by atoms with E-state index in [9.17, 15) is 0 Å². The lowest BCUT2D eigenvalue weighted by molar-refractivity contribution is 0.128. The summed E-state index contributed by atoms with van der Waals surface area (Å²) in [6.07, 6.45) is 9.96. The average Bonchev–Trinajstić information content (AvgIpc) is 2.65. The Bertz CT molecular complexity index is 133. The Morgan fingerprint density at radius 2 is 2.29 bits per heavy atom. The van der Waals surface area contributed by atoms with Crippen LogP contribution in [0.1, 0.15) is 45.4 Å². The van der Waals surface area contributed by atoms with Gasteiger partial charge in [0.25, 0.3) is 0 Å². The highest BCUT2D eigenvalue weighted by Gasteiger charge is 2.22. The molecule has 0 N–H and O–H groups in total. The molecule has 0 bridgehead atoms. The quantitative estimate of drug-likeness (QED) is 0.565. The predicted molar refractivity (Wildman–Crippen MR) is 60.8 cm³/mol. The van der Waals surface area contributed by atoms with Crippen LogP contribution in [0.4, 0.5) is 0 Å². The van der Waals surface area contributed by atoms with E-state index in [1.54, 1.807) is 0 Å². The van der Waals surface area contributed by atoms with Crippen molar-refractivity contribution < 1.29 is 4.74 Å². The highest BCUT2D eigenvalue weighted by atomic mass is 16.5. The molecular weight excluding hydrogens is 172 g/mol. The average molecular weight is 196 g/mol. The summed E-state index contributed by atoms with van der Waals surface area (Å²) < 4.78 is 5.47. The van der Waals surface area contributed by atoms with Crippen LogP contribution in [0.25, 0.3) is 0 Å². The Labute approximate surface area is 89.2 Å². The van der Waals surface area contributed by atoms with Crippen LogP contribution in [0.3, 0.4) is 0 Å². The van der Waals surface area contributed by atoms with Gasteiger partial charge in [-0.1, -0.05) is 20.3 Å². The lowest BCUT2D eigenvalue weighted by Gasteiger charge is -2.09. The van der Waals surface area contributed by atoms with Crippen molar-refractivity contribution in [1.82, 2.24) is 0 Å². The van der Waals surface area contributed by atoms with E-state index in [2.05, 4.69) is 20.3 Å². The number of hydrogen-bond acceptors (Lipinski definition) is 1. The fourth-order valence-corrected chi connectivity index (χ4v) is 2.17. The molecule has 0 heterocycles. The van der Waals surface area contributed by atoms with Crippen molar-refractivity contribution in [3.63, 3.8) is 0 Å². The van der Waals surface area contributed by atoms with Crippen LogP contribution in [-0.4, -0.2) is 13.2 Å². The molecule has 0 aromatic rings. The molecule has 14 heavy (non-hydrogen) atoms. The Kier molecular flexibility index (Phi) is 6.25. The third kappa shape index (κ3) is 4.45. The first kappa shape index (κ1) is 12.0. The monoisotopic (exact) mass is 196 g/mol. The van der Waals surface area contributed by atoms with Gasteiger partial charge in [0.15, 0.2) is 0 Å². The highest BCUT2D eigenvalue weighted by molar-refractivity contribution is 4.89. The minimum atomic E-state index is 0.854. The molecule has 0 saturated heterocycles. The maximum atomic E-state index is 5.47. The van der Waals surface area contributed by atoms with E-state index in [1.165, 1.54) is 25.7 Å². The second-order valence-electron chi connectivity index (χ2n) is 4.38. The van der Waals surface area contributed by atoms with Gasteiger partial charge in [-0.25, -0.2) is 0 Å². The van der Waals surface area contributed by atoms with Crippen molar-refractivity contribution in [2.75, 3.05) is 13.2 Å². The van der Waals surface area contributed by atoms with Gasteiger partial charge in [-0.2, -0.15) is 0 Å². The van der Waals surface area contributed by atoms with Crippen LogP contribution in [0.15, 0.2) is 0 Å². The van der Waals surface area contributed by atoms with Gasteiger partial charge < -0.3 is 4.74 Å². The Hall–Kier alpha value is -0.0400. The van der Waals surface area contributed by atoms with Gasteiger partial charge in [0, 0.05) is 13.2 Å². The first-order valence-corrected chi connectivity index (χ1v) is 6.07. The third-order valence-corrected chi connectivity index (χ3v) is 3.06. The first-order chi connectivity index (χ1) is 6.86. The molecule has 2 unspecified atom stereocenters. The summed E-state index contributed by atoms with van der Waals surface area (Å²) in [7, 11) is 0. The summed E-state index contributed by atoms with van der Waals surface area (Å²) in [5.41, 5.74) is 0. The molecule has 2 radical (unpaired) electrons. The zero-order valence-electron chi connectivity index (χ0n) is 9.50. The summed E-state index contributed by atoms with van der Waals surface area (Å²) in [4.78, 5) is 0. The molecule has 0 spiro atoms. The summed E-state index contributed by atoms with van der Waals surface area (Å²) in [5, 5.41) is 0. The van der Waals surface area contributed by atoms with Crippen molar-refractivity contribution in [3.05, 3.63) is 13.3 Å². The van der Waals surface area contributed by atoms with Gasteiger partial charge in [0.05, 0.1) is 0 Å². The van der Waals surface area contributed by atoms with Crippen molar-refractivity contribution in [1.29, 1.82) is 0 Å². The SMILES string of the molecule is [CH2]CC1C[CH]C(CCCOCCC)C1. The molecule has 1 saturated carbocycles. The van der Waals surface area contributed by atoms with Gasteiger partial charge in [0.1, 0.15) is 0 Å². The van der Waals surface area contributed by atoms with Gasteiger partial charge in [-0.15, -0.1) is 0 Å². The molecule has 1 nitrogen and oxygen atoms in total. The molecule has 0 aromatic heterocycles. The van der Waals surface area contributed by atoms with Crippen molar-refractivity contribution in [2.45, 2.75) is 45.4 Å². The maximum Gasteiger partial charge on any atom is 0.0466 e. The normalized spacial score (nSPS) is 27.0. The van der Waals surface area contributed by atoms with Gasteiger partial charge in [0.2, 0.25) is 0 Å². The fourth-order valence-electron chi connectivity index (χ4n) is 2.17. The van der Waals surface area contributed by atoms with Crippen LogP contribution in [-0.2, 0) is 4.74 Å². The van der Waals surface area contributed by atoms with Gasteiger partial charge in [-0.05, 0) is 50.4 Å². The molecule has 0 aromatic carbocycles. The number of rotatable bonds is 7. The van der Waals surface area contributed by atoms with Gasteiger partial charge in [-0.3, -0.25) is 0 Å². The van der Waals surface area contributed by atoms with E-state index < -0.39 is 0 Å². The molecule has 82 valence electrons. The predicted octanol–water partition coefficient (Wildman–Crippen LogP) is 3.65. The molecule has 1 rings (SSSR count). The van der Waals surface area contributed by atoms with E-state index in [4.69, 9.17) is 4.74 Å². The van der Waals surface area contributed by atoms with Gasteiger partial charge >= 0.3 is 0 Å². The Balaban J connectivity index is 1.92. The molecular formula is C13H24O. The third-order valence-electron chi connectivity index (χ3n) is 3.06. The Morgan fingerprint density at radius 1 is 1.43 bits per heavy atom. The van der Waals surface area contributed by atoms with E-state index in [-0.39, 0.29) is 0 Å². The first-order valence-electron chi connectivity index (χ1n) is 6.07. The minimum absolute atomic E-state index is 0.854. The van der Waals surface area contributed by atoms with E-state index >= 15 is 0 Å². The van der Waals surface area contributed by atoms with Crippen molar-refractivity contribution in [2.24, 2.45) is 11.8 Å². The number of hydrogen-bond donors (Lipinski definition) is 0. The summed E-state index contributed by atoms with van der Waals surface area (Å²) in [6.45, 7) is 8.01. The molecule has 1 aliphatic rings. The topological polar surface area (TPSA) is 9.23 Å². The van der Waals surface area contributed by atoms with E-state index in [0.717, 1.165) is 37.9 Å². The smallest absolute Gasteiger partial charge is 0.0466 e. The fraction of sp³-hybridized carbons (Fsp3) is 0.846. The lowest BCUT2D eigenvalue weighted by Crippen LogP contribution is -2.01. The highest BCUT2D eigenvalue weighted by Crippen LogP contribution is 2.34. The lowest BCUT2D eigenvalue weighted by atomic mass is 9.99. The minimum Gasteiger partial charge on any atom is -0.381 e. The molecule has 1 fully saturated rings. The van der Waals surface area contributed by atoms with E-state index in [1.807, 2.05) is 0 Å². The molecule has 0 amide bonds. The zero-order valence-corrected chi connectivity index (χ0v) is 9.50. The second-order valence-corrected chi connectivity index (χ2v) is 4.38.